The number of halogens is 2. The average Bonchev–Trinajstić information content (AvgIpc) is 4.09. The zero-order valence-electron chi connectivity index (χ0n) is 31.2. The molecular weight excluding hydrogens is 896 g/mol. The van der Waals surface area contributed by atoms with E-state index in [0.29, 0.717) is 45.1 Å². The molecule has 0 amide bonds. The van der Waals surface area contributed by atoms with Gasteiger partial charge in [0.25, 0.3) is 0 Å². The van der Waals surface area contributed by atoms with Crippen LogP contribution in [0.1, 0.15) is 44.5 Å². The maximum Gasteiger partial charge on any atom is 0.508 e. The molecule has 6 N–H and O–H groups in total. The average molecular weight is 934 g/mol. The number of thiazole rings is 2. The number of benzene rings is 2. The van der Waals surface area contributed by atoms with E-state index in [9.17, 15) is 35.4 Å². The van der Waals surface area contributed by atoms with E-state index in [0.717, 1.165) is 30.9 Å². The Morgan fingerprint density at radius 2 is 1.05 bits per heavy atom. The molecular formula is C41H38Cl2N2O11S4. The molecule has 13 nitrogen and oxygen atoms in total. The van der Waals surface area contributed by atoms with Crippen LogP contribution in [-0.2, 0) is 31.8 Å². The lowest BCUT2D eigenvalue weighted by molar-refractivity contribution is -0.237. The number of nitrogens with zero attached hydrogens (tertiary/aromatic N) is 2. The molecule has 0 saturated carbocycles. The van der Waals surface area contributed by atoms with Gasteiger partial charge in [0.1, 0.15) is 74.3 Å². The highest BCUT2D eigenvalue weighted by molar-refractivity contribution is 7.16. The van der Waals surface area contributed by atoms with Crippen molar-refractivity contribution in [3.8, 4) is 20.9 Å². The van der Waals surface area contributed by atoms with Crippen LogP contribution in [0.5, 0.6) is 0 Å². The molecule has 8 rings (SSSR count). The Morgan fingerprint density at radius 1 is 0.617 bits per heavy atom. The third-order valence-electron chi connectivity index (χ3n) is 10.4. The van der Waals surface area contributed by atoms with Gasteiger partial charge < -0.3 is 49.6 Å². The molecule has 2 aromatic carbocycles. The first-order valence-corrected chi connectivity index (χ1v) is 22.9. The molecule has 316 valence electrons. The quantitative estimate of drug-likeness (QED) is 0.0733. The summed E-state index contributed by atoms with van der Waals surface area (Å²) in [5, 5.41) is 75.7. The van der Waals surface area contributed by atoms with Crippen LogP contribution < -0.4 is 0 Å². The lowest BCUT2D eigenvalue weighted by atomic mass is 9.90. The van der Waals surface area contributed by atoms with Gasteiger partial charge in [0.2, 0.25) is 0 Å². The molecule has 4 aromatic heterocycles. The van der Waals surface area contributed by atoms with Gasteiger partial charge in [-0.2, -0.15) is 22.7 Å². The number of carbonyl (C=O) groups excluding carboxylic acids is 1. The van der Waals surface area contributed by atoms with Crippen molar-refractivity contribution in [2.24, 2.45) is 0 Å². The number of carbonyl (C=O) groups is 1. The summed E-state index contributed by atoms with van der Waals surface area (Å²) in [5.74, 6) is 0. The largest absolute Gasteiger partial charge is 0.508 e. The van der Waals surface area contributed by atoms with E-state index in [1.807, 2.05) is 33.7 Å². The summed E-state index contributed by atoms with van der Waals surface area (Å²) in [6.07, 6.45) is -11.3. The molecule has 0 spiro atoms. The van der Waals surface area contributed by atoms with Gasteiger partial charge in [0.05, 0.1) is 19.8 Å². The summed E-state index contributed by atoms with van der Waals surface area (Å²) in [4.78, 5) is 23.9. The Morgan fingerprint density at radius 3 is 1.45 bits per heavy atom. The van der Waals surface area contributed by atoms with Gasteiger partial charge in [0, 0.05) is 46.4 Å². The normalized spacial score (nSPS) is 26.9. The van der Waals surface area contributed by atoms with E-state index in [-0.39, 0.29) is 0 Å². The second-order valence-corrected chi connectivity index (χ2v) is 18.9. The number of aliphatic hydroxyl groups excluding tert-OH is 6. The van der Waals surface area contributed by atoms with Gasteiger partial charge in [-0.15, -0.1) is 22.7 Å². The fourth-order valence-corrected chi connectivity index (χ4v) is 10.8. The zero-order chi connectivity index (χ0) is 42.1. The molecule has 60 heavy (non-hydrogen) atoms. The molecule has 0 unspecified atom stereocenters. The van der Waals surface area contributed by atoms with Crippen LogP contribution in [-0.4, -0.2) is 109 Å². The van der Waals surface area contributed by atoms with Crippen molar-refractivity contribution >= 4 is 74.7 Å². The number of thiophene rings is 2. The van der Waals surface area contributed by atoms with E-state index in [2.05, 4.69) is 9.97 Å². The summed E-state index contributed by atoms with van der Waals surface area (Å²) >= 11 is 19.4. The lowest BCUT2D eigenvalue weighted by Crippen LogP contribution is -2.56. The first kappa shape index (κ1) is 43.3. The van der Waals surface area contributed by atoms with Crippen LogP contribution in [0.25, 0.3) is 20.9 Å². The number of aromatic nitrogens is 2. The second kappa shape index (κ2) is 18.9. The summed E-state index contributed by atoms with van der Waals surface area (Å²) in [6, 6.07) is 14.1. The molecule has 0 bridgehead atoms. The Bertz CT molecular complexity index is 2220. The van der Waals surface area contributed by atoms with Crippen molar-refractivity contribution in [1.82, 2.24) is 9.97 Å². The van der Waals surface area contributed by atoms with Crippen LogP contribution in [0.15, 0.2) is 82.4 Å². The molecule has 0 aliphatic carbocycles. The highest BCUT2D eigenvalue weighted by atomic mass is 35.5. The minimum atomic E-state index is -1.66. The highest BCUT2D eigenvalue weighted by Gasteiger charge is 2.46. The maximum atomic E-state index is 12.8. The van der Waals surface area contributed by atoms with Crippen molar-refractivity contribution in [1.29, 1.82) is 0 Å². The van der Waals surface area contributed by atoms with E-state index in [1.165, 1.54) is 22.7 Å². The van der Waals surface area contributed by atoms with E-state index in [4.69, 9.17) is 42.1 Å². The van der Waals surface area contributed by atoms with Crippen LogP contribution in [0, 0.1) is 0 Å². The molecule has 19 heteroatoms. The third kappa shape index (κ3) is 9.50. The smallest absolute Gasteiger partial charge is 0.431 e. The number of hydrogen-bond acceptors (Lipinski definition) is 17. The number of aliphatic hydroxyl groups is 6. The molecule has 2 saturated heterocycles. The van der Waals surface area contributed by atoms with Crippen molar-refractivity contribution in [2.45, 2.75) is 73.9 Å². The molecule has 10 atom stereocenters. The molecule has 2 aliphatic rings. The van der Waals surface area contributed by atoms with Gasteiger partial charge in [-0.05, 0) is 68.0 Å². The standard InChI is InChI=1S/C41H38Cl2N2O11S4/c42-25-3-1-19(9-23(25)11-31-44-13-29(59-31)21-5-7-57-17-21)39-37(50)35(48)33(46)27(55-39)15-53-41(52)54-16-28-34(47)36(49)38(51)40(56-28)20-2-4-26(43)24(10-20)12-32-45-14-30(60-32)22-6-8-58-18-22/h1-10,13-14,17-18,27-28,33-40,46-51H,11-12,15-16H2/t27-,28-,33-,34-,35+,36+,37-,38-,39+,40+/m1/s1. The summed E-state index contributed by atoms with van der Waals surface area (Å²) in [5.41, 5.74) is 4.50. The SMILES string of the molecule is O=C(OC[C@H]1O[C@@H](c2ccc(Cl)c(Cc3ncc(-c4ccsc4)s3)c2)[C@H](O)[C@@H](O)[C@@H]1O)OC[C@H]1O[C@@H](c2ccc(Cl)c(Cc3ncc(-c4ccsc4)s3)c2)[C@H](O)[C@@H](O)[C@@H]1O. The molecule has 2 aliphatic heterocycles. The van der Waals surface area contributed by atoms with E-state index >= 15 is 0 Å². The Kier molecular flexibility index (Phi) is 13.7. The van der Waals surface area contributed by atoms with E-state index < -0.39 is 80.4 Å². The fourth-order valence-electron chi connectivity index (χ4n) is 7.07. The highest BCUT2D eigenvalue weighted by Crippen LogP contribution is 2.38. The first-order valence-electron chi connectivity index (χ1n) is 18.6. The minimum Gasteiger partial charge on any atom is -0.431 e. The topological polar surface area (TPSA) is 201 Å². The summed E-state index contributed by atoms with van der Waals surface area (Å²) in [7, 11) is 0. The van der Waals surface area contributed by atoms with Crippen LogP contribution in [0.4, 0.5) is 4.79 Å². The fraction of sp³-hybridized carbons (Fsp3) is 0.341. The number of hydrogen-bond donors (Lipinski definition) is 6. The Labute approximate surface area is 369 Å². The second-order valence-electron chi connectivity index (χ2n) is 14.3. The minimum absolute atomic E-state index is 0.398. The van der Waals surface area contributed by atoms with Crippen LogP contribution >= 0.6 is 68.5 Å². The number of rotatable bonds is 12. The first-order chi connectivity index (χ1) is 28.9. The third-order valence-corrected chi connectivity index (χ3v) is 14.6. The van der Waals surface area contributed by atoms with Gasteiger partial charge >= 0.3 is 6.16 Å². The van der Waals surface area contributed by atoms with Gasteiger partial charge in [0.15, 0.2) is 0 Å². The van der Waals surface area contributed by atoms with E-state index in [1.54, 1.807) is 71.5 Å². The lowest BCUT2D eigenvalue weighted by Gasteiger charge is -2.41. The molecule has 6 aromatic rings. The molecule has 0 radical (unpaired) electrons. The molecule has 2 fully saturated rings. The maximum absolute atomic E-state index is 12.8. The van der Waals surface area contributed by atoms with Gasteiger partial charge in [-0.1, -0.05) is 47.5 Å². The monoisotopic (exact) mass is 932 g/mol. The van der Waals surface area contributed by atoms with Gasteiger partial charge in [-0.3, -0.25) is 0 Å². The predicted octanol–water partition coefficient (Wildman–Crippen LogP) is 6.44. The Hall–Kier alpha value is -3.37. The summed E-state index contributed by atoms with van der Waals surface area (Å²) < 4.78 is 22.5. The van der Waals surface area contributed by atoms with Gasteiger partial charge in [-0.25, -0.2) is 14.8 Å². The van der Waals surface area contributed by atoms with Crippen molar-refractivity contribution in [3.05, 3.63) is 125 Å². The van der Waals surface area contributed by atoms with Crippen molar-refractivity contribution in [2.75, 3.05) is 13.2 Å². The summed E-state index contributed by atoms with van der Waals surface area (Å²) in [6.45, 7) is -1.16. The zero-order valence-corrected chi connectivity index (χ0v) is 36.0. The van der Waals surface area contributed by atoms with Crippen LogP contribution in [0.2, 0.25) is 10.0 Å². The predicted molar refractivity (Wildman–Crippen MR) is 228 cm³/mol. The molecule has 6 heterocycles. The van der Waals surface area contributed by atoms with Crippen molar-refractivity contribution in [3.63, 3.8) is 0 Å². The van der Waals surface area contributed by atoms with Crippen LogP contribution in [0.3, 0.4) is 0 Å². The van der Waals surface area contributed by atoms with Crippen molar-refractivity contribution < 1.29 is 54.4 Å². The Balaban J connectivity index is 0.879. The number of ether oxygens (including phenoxy) is 4.